The van der Waals surface area contributed by atoms with Crippen molar-refractivity contribution in [1.29, 1.82) is 10.0 Å². The van der Waals surface area contributed by atoms with Gasteiger partial charge in [-0.25, -0.2) is 18.2 Å². The fraction of sp³-hybridized carbons (Fsp3) is 0.364. The second-order valence-corrected chi connectivity index (χ2v) is 10.7. The molecule has 3 atom stereocenters. The van der Waals surface area contributed by atoms with E-state index in [1.54, 1.807) is 26.8 Å². The summed E-state index contributed by atoms with van der Waals surface area (Å²) in [5, 5.41) is 22.1. The molecule has 0 fully saturated rings. The Bertz CT molecular complexity index is 1310. The summed E-state index contributed by atoms with van der Waals surface area (Å²) in [6.07, 6.45) is -2.92. The molecule has 0 radical (unpaired) electrons. The number of amides is 1. The Morgan fingerprint density at radius 2 is 1.89 bits per heavy atom. The number of ether oxygens (including phenoxy) is 2. The van der Waals surface area contributed by atoms with Crippen LogP contribution in [0, 0.1) is 21.9 Å². The largest absolute Gasteiger partial charge is 0.483 e. The zero-order valence-electron chi connectivity index (χ0n) is 18.7. The highest BCUT2D eigenvalue weighted by Crippen LogP contribution is 2.49. The molecule has 3 rings (SSSR count). The SMILES string of the molecule is CC(C)(C)OC(=O)N[C@H]1C[C@@H](O)c2c(S(=N)(=O)C(F)(F)F)ccc(Oc3cc(F)cc(C#N)c3)c21. The molecular formula is C22H21F4N3O5S. The van der Waals surface area contributed by atoms with Gasteiger partial charge in [0.1, 0.15) is 22.9 Å². The number of aliphatic hydroxyl groups excluding tert-OH is 1. The van der Waals surface area contributed by atoms with Crippen LogP contribution in [-0.2, 0) is 14.5 Å². The lowest BCUT2D eigenvalue weighted by molar-refractivity contribution is -0.0407. The maximum absolute atomic E-state index is 13.9. The molecule has 35 heavy (non-hydrogen) atoms. The van der Waals surface area contributed by atoms with Crippen LogP contribution in [-0.4, -0.2) is 26.5 Å². The number of aliphatic hydroxyl groups is 1. The van der Waals surface area contributed by atoms with Gasteiger partial charge in [-0.3, -0.25) is 0 Å². The van der Waals surface area contributed by atoms with E-state index < -0.39 is 55.4 Å². The van der Waals surface area contributed by atoms with Crippen molar-refractivity contribution in [2.45, 2.75) is 55.3 Å². The number of rotatable bonds is 4. The molecule has 0 spiro atoms. The van der Waals surface area contributed by atoms with E-state index in [0.717, 1.165) is 24.3 Å². The first-order chi connectivity index (χ1) is 16.0. The van der Waals surface area contributed by atoms with Gasteiger partial charge in [0, 0.05) is 23.6 Å². The van der Waals surface area contributed by atoms with Gasteiger partial charge < -0.3 is 19.9 Å². The summed E-state index contributed by atoms with van der Waals surface area (Å²) >= 11 is 0. The number of nitriles is 1. The van der Waals surface area contributed by atoms with Crippen LogP contribution < -0.4 is 10.1 Å². The zero-order chi connectivity index (χ0) is 26.3. The van der Waals surface area contributed by atoms with E-state index >= 15 is 0 Å². The number of carbonyl (C=O) groups excluding carboxylic acids is 1. The van der Waals surface area contributed by atoms with Crippen molar-refractivity contribution in [1.82, 2.24) is 5.32 Å². The Morgan fingerprint density at radius 3 is 2.46 bits per heavy atom. The molecule has 1 unspecified atom stereocenters. The van der Waals surface area contributed by atoms with Crippen molar-refractivity contribution < 1.29 is 41.1 Å². The van der Waals surface area contributed by atoms with Gasteiger partial charge in [0.15, 0.2) is 9.73 Å². The third kappa shape index (κ3) is 5.49. The van der Waals surface area contributed by atoms with Crippen molar-refractivity contribution in [3.05, 3.63) is 52.8 Å². The molecule has 1 amide bonds. The van der Waals surface area contributed by atoms with E-state index in [0.29, 0.717) is 0 Å². The summed E-state index contributed by atoms with van der Waals surface area (Å²) in [7, 11) is -5.38. The molecule has 0 aliphatic heterocycles. The number of alkyl carbamates (subject to hydrolysis) is 1. The molecule has 0 saturated carbocycles. The van der Waals surface area contributed by atoms with E-state index in [1.165, 1.54) is 6.07 Å². The minimum atomic E-state index is -5.44. The predicted octanol–water partition coefficient (Wildman–Crippen LogP) is 5.42. The van der Waals surface area contributed by atoms with Crippen molar-refractivity contribution in [3.63, 3.8) is 0 Å². The third-order valence-electron chi connectivity index (χ3n) is 4.90. The molecule has 8 nitrogen and oxygen atoms in total. The first kappa shape index (κ1) is 26.2. The second-order valence-electron chi connectivity index (χ2n) is 8.73. The molecule has 0 aromatic heterocycles. The number of benzene rings is 2. The van der Waals surface area contributed by atoms with Crippen LogP contribution in [0.1, 0.15) is 56.0 Å². The number of hydrogen-bond acceptors (Lipinski definition) is 7. The molecule has 188 valence electrons. The normalized spacial score (nSPS) is 19.3. The van der Waals surface area contributed by atoms with Gasteiger partial charge in [-0.15, -0.1) is 0 Å². The van der Waals surface area contributed by atoms with Gasteiger partial charge in [-0.05, 0) is 45.0 Å². The second kappa shape index (κ2) is 9.01. The molecule has 2 aromatic carbocycles. The number of hydrogen-bond donors (Lipinski definition) is 3. The standard InChI is InChI=1S/C22H21F4N3O5S/c1-21(2,3)34-20(31)29-14-9-15(30)19-17(35(28,32)22(24,25)26)5-4-16(18(14)19)33-13-7-11(10-27)6-12(23)8-13/h4-8,14-15,28,30H,9H2,1-3H3,(H,29,31)/t14-,15+,35?/m0/s1. The van der Waals surface area contributed by atoms with E-state index in [2.05, 4.69) is 5.32 Å². The van der Waals surface area contributed by atoms with Gasteiger partial charge in [0.25, 0.3) is 0 Å². The smallest absolute Gasteiger partial charge is 0.457 e. The van der Waals surface area contributed by atoms with Crippen LogP contribution in [0.25, 0.3) is 0 Å². The van der Waals surface area contributed by atoms with Crippen LogP contribution >= 0.6 is 0 Å². The first-order valence-electron chi connectivity index (χ1n) is 10.1. The average Bonchev–Trinajstić information content (AvgIpc) is 3.01. The van der Waals surface area contributed by atoms with E-state index in [1.807, 2.05) is 0 Å². The lowest BCUT2D eigenvalue weighted by Crippen LogP contribution is -2.34. The van der Waals surface area contributed by atoms with Crippen molar-refractivity contribution in [2.75, 3.05) is 0 Å². The zero-order valence-corrected chi connectivity index (χ0v) is 19.5. The summed E-state index contributed by atoms with van der Waals surface area (Å²) in [6.45, 7) is 4.77. The molecule has 2 aromatic rings. The Kier molecular flexibility index (Phi) is 6.75. The van der Waals surface area contributed by atoms with E-state index in [-0.39, 0.29) is 29.0 Å². The van der Waals surface area contributed by atoms with Gasteiger partial charge >= 0.3 is 11.6 Å². The van der Waals surface area contributed by atoms with Gasteiger partial charge in [-0.2, -0.15) is 18.4 Å². The minimum Gasteiger partial charge on any atom is -0.457 e. The highest BCUT2D eigenvalue weighted by molar-refractivity contribution is 7.93. The van der Waals surface area contributed by atoms with Crippen LogP contribution in [0.3, 0.4) is 0 Å². The van der Waals surface area contributed by atoms with Crippen LogP contribution in [0.2, 0.25) is 0 Å². The van der Waals surface area contributed by atoms with Gasteiger partial charge in [-0.1, -0.05) is 0 Å². The van der Waals surface area contributed by atoms with Crippen LogP contribution in [0.4, 0.5) is 22.4 Å². The predicted molar refractivity (Wildman–Crippen MR) is 115 cm³/mol. The average molecular weight is 515 g/mol. The molecule has 0 bridgehead atoms. The molecular weight excluding hydrogens is 494 g/mol. The number of fused-ring (bicyclic) bond motifs is 1. The number of carbonyl (C=O) groups is 1. The Morgan fingerprint density at radius 1 is 1.23 bits per heavy atom. The van der Waals surface area contributed by atoms with Gasteiger partial charge in [0.05, 0.1) is 28.7 Å². The Labute approximate surface area is 198 Å². The summed E-state index contributed by atoms with van der Waals surface area (Å²) in [6, 6.07) is 5.33. The lowest BCUT2D eigenvalue weighted by Gasteiger charge is -2.23. The summed E-state index contributed by atoms with van der Waals surface area (Å²) in [4.78, 5) is 11.4. The quantitative estimate of drug-likeness (QED) is 0.466. The monoisotopic (exact) mass is 515 g/mol. The van der Waals surface area contributed by atoms with Crippen molar-refractivity contribution >= 4 is 15.8 Å². The molecule has 1 aliphatic rings. The van der Waals surface area contributed by atoms with Crippen LogP contribution in [0.5, 0.6) is 11.5 Å². The molecule has 1 aliphatic carbocycles. The lowest BCUT2D eigenvalue weighted by atomic mass is 10.1. The number of halogens is 4. The fourth-order valence-electron chi connectivity index (χ4n) is 3.62. The maximum Gasteiger partial charge on any atom is 0.483 e. The number of alkyl halides is 3. The fourth-order valence-corrected chi connectivity index (χ4v) is 4.68. The summed E-state index contributed by atoms with van der Waals surface area (Å²) in [5.74, 6) is -1.20. The Balaban J connectivity index is 2.17. The summed E-state index contributed by atoms with van der Waals surface area (Å²) < 4.78 is 85.0. The van der Waals surface area contributed by atoms with Crippen molar-refractivity contribution in [3.8, 4) is 17.6 Å². The topological polar surface area (TPSA) is 132 Å². The van der Waals surface area contributed by atoms with Crippen LogP contribution in [0.15, 0.2) is 35.2 Å². The molecule has 3 N–H and O–H groups in total. The molecule has 0 saturated heterocycles. The number of nitrogens with zero attached hydrogens (tertiary/aromatic N) is 1. The maximum atomic E-state index is 13.9. The first-order valence-corrected chi connectivity index (χ1v) is 11.7. The van der Waals surface area contributed by atoms with Gasteiger partial charge in [0.2, 0.25) is 0 Å². The summed E-state index contributed by atoms with van der Waals surface area (Å²) in [5.41, 5.74) is -7.11. The van der Waals surface area contributed by atoms with Crippen molar-refractivity contribution in [2.24, 2.45) is 0 Å². The molecule has 0 heterocycles. The molecule has 13 heteroatoms. The highest BCUT2D eigenvalue weighted by atomic mass is 32.2. The van der Waals surface area contributed by atoms with E-state index in [9.17, 15) is 31.7 Å². The third-order valence-corrected chi connectivity index (χ3v) is 6.53. The number of nitrogens with one attached hydrogen (secondary N) is 2. The minimum absolute atomic E-state index is 0.0945. The van der Waals surface area contributed by atoms with E-state index in [4.69, 9.17) is 19.5 Å². The highest BCUT2D eigenvalue weighted by Gasteiger charge is 2.48. The Hall–Kier alpha value is -3.37.